The molecule has 11 heteroatoms. The highest BCUT2D eigenvalue weighted by Gasteiger charge is 2.65. The maximum atomic E-state index is 13.2. The van der Waals surface area contributed by atoms with E-state index in [0.29, 0.717) is 24.9 Å². The van der Waals surface area contributed by atoms with Crippen LogP contribution in [0.3, 0.4) is 0 Å². The van der Waals surface area contributed by atoms with Crippen molar-refractivity contribution in [2.45, 2.75) is 43.3 Å². The number of amides is 2. The number of halogens is 1. The van der Waals surface area contributed by atoms with Gasteiger partial charge in [-0.3, -0.25) is 14.4 Å². The Bertz CT molecular complexity index is 1110. The molecule has 10 nitrogen and oxygen atoms in total. The van der Waals surface area contributed by atoms with E-state index in [0.717, 1.165) is 0 Å². The Hall–Kier alpha value is -3.65. The number of hydrogen-bond donors (Lipinski definition) is 4. The predicted octanol–water partition coefficient (Wildman–Crippen LogP) is 2.18. The fourth-order valence-electron chi connectivity index (χ4n) is 4.72. The van der Waals surface area contributed by atoms with Crippen molar-refractivity contribution in [3.05, 3.63) is 41.8 Å². The second-order valence-electron chi connectivity index (χ2n) is 8.57. The fourth-order valence-corrected chi connectivity index (χ4v) is 4.72. The molecule has 32 heavy (non-hydrogen) atoms. The first-order chi connectivity index (χ1) is 15.1. The molecule has 6 N–H and O–H groups in total. The number of likely N-dealkylation sites (tertiary alicyclic amines) is 1. The Morgan fingerprint density at radius 2 is 2.00 bits per heavy atom. The van der Waals surface area contributed by atoms with E-state index in [1.54, 1.807) is 6.92 Å². The molecule has 0 bridgehead atoms. The van der Waals surface area contributed by atoms with Crippen molar-refractivity contribution < 1.29 is 19.1 Å². The summed E-state index contributed by atoms with van der Waals surface area (Å²) in [5.41, 5.74) is 10.7. The summed E-state index contributed by atoms with van der Waals surface area (Å²) in [6.07, 6.45) is 1.87. The quantitative estimate of drug-likeness (QED) is 0.552. The van der Waals surface area contributed by atoms with E-state index >= 15 is 0 Å². The van der Waals surface area contributed by atoms with Crippen LogP contribution in [-0.4, -0.2) is 49.4 Å². The number of carbonyl (C=O) groups excluding carboxylic acids is 1. The summed E-state index contributed by atoms with van der Waals surface area (Å²) in [4.78, 5) is 25.3. The Morgan fingerprint density at radius 1 is 1.34 bits per heavy atom. The van der Waals surface area contributed by atoms with E-state index in [2.05, 4.69) is 16.5 Å². The van der Waals surface area contributed by atoms with Crippen molar-refractivity contribution in [3.8, 4) is 6.07 Å². The van der Waals surface area contributed by atoms with Gasteiger partial charge < -0.3 is 21.9 Å². The number of anilines is 2. The summed E-state index contributed by atoms with van der Waals surface area (Å²) in [5.74, 6) is -1.78. The first kappa shape index (κ1) is 21.6. The van der Waals surface area contributed by atoms with Gasteiger partial charge in [0, 0.05) is 24.0 Å². The molecule has 0 spiro atoms. The van der Waals surface area contributed by atoms with Crippen LogP contribution in [0.15, 0.2) is 30.5 Å². The van der Waals surface area contributed by atoms with Crippen molar-refractivity contribution >= 4 is 23.5 Å². The Labute approximate surface area is 183 Å². The molecule has 2 heterocycles. The molecule has 1 aliphatic carbocycles. The van der Waals surface area contributed by atoms with Gasteiger partial charge in [0.25, 0.3) is 5.91 Å². The maximum Gasteiger partial charge on any atom is 0.407 e. The third-order valence-electron chi connectivity index (χ3n) is 6.81. The number of rotatable bonds is 5. The van der Waals surface area contributed by atoms with Crippen LogP contribution in [0.1, 0.15) is 42.6 Å². The molecule has 4 rings (SSSR count). The highest BCUT2D eigenvalue weighted by atomic mass is 19.1. The molecule has 1 aromatic carbocycles. The highest BCUT2D eigenvalue weighted by molar-refractivity contribution is 5.98. The average Bonchev–Trinajstić information content (AvgIpc) is 3.36. The number of hydrogen-bond acceptors (Lipinski definition) is 6. The van der Waals surface area contributed by atoms with Gasteiger partial charge in [-0.15, -0.1) is 0 Å². The summed E-state index contributed by atoms with van der Waals surface area (Å²) < 4.78 is 14.7. The molecule has 1 saturated carbocycles. The molecular formula is C21H24FN7O3. The number of nitrogens with one attached hydrogen (secondary N) is 1. The minimum absolute atomic E-state index is 0.0993. The van der Waals surface area contributed by atoms with Crippen molar-refractivity contribution in [2.75, 3.05) is 11.9 Å². The van der Waals surface area contributed by atoms with Gasteiger partial charge in [-0.25, -0.2) is 9.18 Å². The Balaban J connectivity index is 1.73. The summed E-state index contributed by atoms with van der Waals surface area (Å²) in [6.45, 7) is 1.88. The summed E-state index contributed by atoms with van der Waals surface area (Å²) in [6, 6.07) is 7.25. The van der Waals surface area contributed by atoms with Crippen LogP contribution >= 0.6 is 0 Å². The summed E-state index contributed by atoms with van der Waals surface area (Å²) >= 11 is 0. The number of carboxylic acid groups (broad SMARTS) is 1. The number of nitrogens with zero attached hydrogens (tertiary/aromatic N) is 4. The Kier molecular flexibility index (Phi) is 5.05. The summed E-state index contributed by atoms with van der Waals surface area (Å²) in [5, 5.41) is 27.3. The third-order valence-corrected chi connectivity index (χ3v) is 6.81. The lowest BCUT2D eigenvalue weighted by Gasteiger charge is -2.52. The first-order valence-electron chi connectivity index (χ1n) is 10.2. The van der Waals surface area contributed by atoms with Gasteiger partial charge in [0.15, 0.2) is 5.82 Å². The van der Waals surface area contributed by atoms with E-state index in [1.165, 1.54) is 40.0 Å². The molecule has 2 aliphatic rings. The van der Waals surface area contributed by atoms with Crippen LogP contribution in [0.2, 0.25) is 0 Å². The van der Waals surface area contributed by atoms with Crippen LogP contribution in [0, 0.1) is 23.1 Å². The lowest BCUT2D eigenvalue weighted by molar-refractivity contribution is -0.0143. The van der Waals surface area contributed by atoms with Crippen molar-refractivity contribution in [1.29, 1.82) is 5.26 Å². The standard InChI is InChI=1S/C21H24FN7O3/c1-20(21(25)7-8-21)15(10-23)16(6-9-28(20)19(31)32)29-11-14(17(24)30)18(27-29)26-13-4-2-12(22)3-5-13/h2-5,11,15-16H,6-9,25H2,1H3,(H2,24,30)(H,26,27)(H,31,32). The normalized spacial score (nSPS) is 26.2. The van der Waals surface area contributed by atoms with Crippen LogP contribution in [0.4, 0.5) is 20.7 Å². The molecule has 2 aromatic rings. The number of benzene rings is 1. The van der Waals surface area contributed by atoms with Gasteiger partial charge in [-0.2, -0.15) is 10.4 Å². The average molecular weight is 441 g/mol. The van der Waals surface area contributed by atoms with Gasteiger partial charge in [0.2, 0.25) is 0 Å². The second kappa shape index (κ2) is 7.49. The molecule has 168 valence electrons. The lowest BCUT2D eigenvalue weighted by Crippen LogP contribution is -2.69. The van der Waals surface area contributed by atoms with E-state index in [9.17, 15) is 24.3 Å². The number of carbonyl (C=O) groups is 2. The largest absolute Gasteiger partial charge is 0.465 e. The zero-order chi connectivity index (χ0) is 23.3. The first-order valence-corrected chi connectivity index (χ1v) is 10.2. The zero-order valence-corrected chi connectivity index (χ0v) is 17.5. The molecule has 2 amide bonds. The fraction of sp³-hybridized carbons (Fsp3) is 0.429. The van der Waals surface area contributed by atoms with Gasteiger partial charge >= 0.3 is 6.09 Å². The SMILES string of the molecule is CC1(C2(N)CC2)C(C#N)C(n2cc(C(N)=O)c(Nc3ccc(F)cc3)n2)CCN1C(=O)O. The third kappa shape index (κ3) is 3.33. The van der Waals surface area contributed by atoms with Crippen LogP contribution < -0.4 is 16.8 Å². The topological polar surface area (TPSA) is 163 Å². The van der Waals surface area contributed by atoms with E-state index < -0.39 is 40.9 Å². The maximum absolute atomic E-state index is 13.2. The van der Waals surface area contributed by atoms with Gasteiger partial charge in [0.1, 0.15) is 11.4 Å². The number of aromatic nitrogens is 2. The molecular weight excluding hydrogens is 417 g/mol. The number of nitriles is 1. The summed E-state index contributed by atoms with van der Waals surface area (Å²) in [7, 11) is 0. The number of piperidine rings is 1. The molecule has 2 fully saturated rings. The predicted molar refractivity (Wildman–Crippen MR) is 112 cm³/mol. The molecule has 1 aliphatic heterocycles. The minimum Gasteiger partial charge on any atom is -0.465 e. The van der Waals surface area contributed by atoms with E-state index in [-0.39, 0.29) is 17.9 Å². The van der Waals surface area contributed by atoms with Crippen molar-refractivity contribution in [3.63, 3.8) is 0 Å². The zero-order valence-electron chi connectivity index (χ0n) is 17.5. The second-order valence-corrected chi connectivity index (χ2v) is 8.57. The number of primary amides is 1. The molecule has 1 aromatic heterocycles. The lowest BCUT2D eigenvalue weighted by atomic mass is 9.70. The molecule has 1 saturated heterocycles. The van der Waals surface area contributed by atoms with Crippen LogP contribution in [0.5, 0.6) is 0 Å². The van der Waals surface area contributed by atoms with Gasteiger partial charge in [-0.05, 0) is 50.5 Å². The van der Waals surface area contributed by atoms with Crippen LogP contribution in [-0.2, 0) is 0 Å². The van der Waals surface area contributed by atoms with E-state index in [1.807, 2.05) is 0 Å². The smallest absolute Gasteiger partial charge is 0.407 e. The number of nitrogens with two attached hydrogens (primary N) is 2. The van der Waals surface area contributed by atoms with Gasteiger partial charge in [-0.1, -0.05) is 0 Å². The van der Waals surface area contributed by atoms with Crippen LogP contribution in [0.25, 0.3) is 0 Å². The molecule has 3 atom stereocenters. The Morgan fingerprint density at radius 3 is 2.53 bits per heavy atom. The van der Waals surface area contributed by atoms with Crippen molar-refractivity contribution in [1.82, 2.24) is 14.7 Å². The minimum atomic E-state index is -1.13. The highest BCUT2D eigenvalue weighted by Crippen LogP contribution is 2.54. The van der Waals surface area contributed by atoms with E-state index in [4.69, 9.17) is 11.5 Å². The monoisotopic (exact) mass is 441 g/mol. The molecule has 0 radical (unpaired) electrons. The molecule has 3 unspecified atom stereocenters. The van der Waals surface area contributed by atoms with Gasteiger partial charge in [0.05, 0.1) is 23.6 Å². The van der Waals surface area contributed by atoms with Crippen molar-refractivity contribution in [2.24, 2.45) is 17.4 Å².